The average molecular weight is 531 g/mol. The number of fused-ring (bicyclic) bond motifs is 1. The second-order valence-electron chi connectivity index (χ2n) is 8.81. The molecule has 0 radical (unpaired) electrons. The molecule has 0 spiro atoms. The quantitative estimate of drug-likeness (QED) is 0.200. The van der Waals surface area contributed by atoms with E-state index in [1.807, 2.05) is 0 Å². The van der Waals surface area contributed by atoms with Crippen LogP contribution in [-0.2, 0) is 11.0 Å². The lowest BCUT2D eigenvalue weighted by molar-refractivity contribution is -0.138. The molecule has 10 heteroatoms. The van der Waals surface area contributed by atoms with Crippen LogP contribution in [0, 0.1) is 6.92 Å². The number of aromatic hydroxyl groups is 1. The van der Waals surface area contributed by atoms with E-state index >= 15 is 0 Å². The predicted molar refractivity (Wildman–Crippen MR) is 140 cm³/mol. The Bertz CT molecular complexity index is 1660. The Morgan fingerprint density at radius 1 is 0.923 bits per heavy atom. The molecule has 1 aliphatic heterocycles. The fraction of sp³-hybridized carbons (Fsp3) is 0.0690. The summed E-state index contributed by atoms with van der Waals surface area (Å²) in [6.45, 7) is 1.35. The van der Waals surface area contributed by atoms with E-state index in [0.29, 0.717) is 22.4 Å². The Labute approximate surface area is 220 Å². The maximum Gasteiger partial charge on any atom is 0.416 e. The van der Waals surface area contributed by atoms with Crippen LogP contribution in [0.3, 0.4) is 0 Å². The smallest absolute Gasteiger partial charge is 0.416 e. The number of aryl methyl sites for hydroxylation is 1. The van der Waals surface area contributed by atoms with E-state index in [0.717, 1.165) is 11.0 Å². The zero-order chi connectivity index (χ0) is 27.9. The van der Waals surface area contributed by atoms with E-state index < -0.39 is 23.6 Å². The molecule has 196 valence electrons. The van der Waals surface area contributed by atoms with E-state index in [9.17, 15) is 33.0 Å². The number of aromatic carboxylic acids is 1. The van der Waals surface area contributed by atoms with Gasteiger partial charge in [-0.15, -0.1) is 0 Å². The van der Waals surface area contributed by atoms with Crippen LogP contribution >= 0.6 is 0 Å². The van der Waals surface area contributed by atoms with Crippen molar-refractivity contribution in [2.75, 3.05) is 10.3 Å². The lowest BCUT2D eigenvalue weighted by atomic mass is 10.0. The van der Waals surface area contributed by atoms with Gasteiger partial charge < -0.3 is 10.2 Å². The molecule has 1 amide bonds. The van der Waals surface area contributed by atoms with E-state index in [1.54, 1.807) is 48.5 Å². The molecule has 5 rings (SSSR count). The topological polar surface area (TPSA) is 102 Å². The highest BCUT2D eigenvalue weighted by Gasteiger charge is 2.38. The molecular formula is C29H20F3N3O4. The molecule has 39 heavy (non-hydrogen) atoms. The number of hydrogen-bond acceptors (Lipinski definition) is 5. The number of nitrogens with one attached hydrogen (secondary N) is 1. The molecule has 0 saturated carbocycles. The number of para-hydroxylation sites is 2. The van der Waals surface area contributed by atoms with Crippen LogP contribution in [0.1, 0.15) is 27.0 Å². The summed E-state index contributed by atoms with van der Waals surface area (Å²) in [4.78, 5) is 26.0. The van der Waals surface area contributed by atoms with Gasteiger partial charge in [0, 0.05) is 16.8 Å². The third kappa shape index (κ3) is 4.68. The Balaban J connectivity index is 1.52. The number of halogens is 3. The number of phenols is 1. The molecule has 0 unspecified atom stereocenters. The van der Waals surface area contributed by atoms with Crippen LogP contribution in [0.15, 0.2) is 90.0 Å². The van der Waals surface area contributed by atoms with Crippen LogP contribution in [-0.4, -0.2) is 27.8 Å². The van der Waals surface area contributed by atoms with Gasteiger partial charge in [-0.05, 0) is 54.4 Å². The number of rotatable bonds is 5. The van der Waals surface area contributed by atoms with Crippen molar-refractivity contribution < 1.29 is 33.0 Å². The lowest BCUT2D eigenvalue weighted by Crippen LogP contribution is -2.26. The summed E-state index contributed by atoms with van der Waals surface area (Å²) >= 11 is 0. The van der Waals surface area contributed by atoms with Gasteiger partial charge in [-0.3, -0.25) is 15.1 Å². The molecule has 0 aromatic heterocycles. The van der Waals surface area contributed by atoms with Gasteiger partial charge in [-0.2, -0.15) is 18.3 Å². The summed E-state index contributed by atoms with van der Waals surface area (Å²) in [6.07, 6.45) is -4.59. The number of phenolic OH excluding ortho intramolecular Hbond substituents is 1. The maximum absolute atomic E-state index is 13.6. The number of carboxylic acid groups (broad SMARTS) is 1. The van der Waals surface area contributed by atoms with Crippen molar-refractivity contribution in [2.24, 2.45) is 5.10 Å². The first-order valence-electron chi connectivity index (χ1n) is 11.7. The fourth-order valence-electron chi connectivity index (χ4n) is 4.42. The van der Waals surface area contributed by atoms with Gasteiger partial charge in [0.2, 0.25) is 0 Å². The third-order valence-corrected chi connectivity index (χ3v) is 6.34. The van der Waals surface area contributed by atoms with E-state index in [-0.39, 0.29) is 34.0 Å². The van der Waals surface area contributed by atoms with Crippen molar-refractivity contribution in [3.8, 4) is 16.9 Å². The number of hydrazone groups is 1. The largest absolute Gasteiger partial charge is 0.505 e. The number of benzene rings is 4. The molecule has 0 atom stereocenters. The van der Waals surface area contributed by atoms with Crippen LogP contribution in [0.4, 0.5) is 30.2 Å². The molecule has 3 N–H and O–H groups in total. The third-order valence-electron chi connectivity index (χ3n) is 6.34. The Kier molecular flexibility index (Phi) is 6.31. The SMILES string of the molecule is Cc1ccc(N2C(=O)/C(=N\Nc3cccc(-c4cccc(C(=O)O)c4)c3O)c3ccccc32)cc1C(F)(F)F. The van der Waals surface area contributed by atoms with Gasteiger partial charge in [0.05, 0.1) is 22.5 Å². The van der Waals surface area contributed by atoms with Gasteiger partial charge in [-0.1, -0.05) is 48.5 Å². The molecule has 4 aromatic carbocycles. The van der Waals surface area contributed by atoms with Crippen LogP contribution in [0.25, 0.3) is 11.1 Å². The van der Waals surface area contributed by atoms with E-state index in [1.165, 1.54) is 37.3 Å². The van der Waals surface area contributed by atoms with Gasteiger partial charge in [0.1, 0.15) is 5.75 Å². The molecule has 0 bridgehead atoms. The molecular weight excluding hydrogens is 511 g/mol. The number of amides is 1. The minimum Gasteiger partial charge on any atom is -0.505 e. The van der Waals surface area contributed by atoms with Crippen LogP contribution < -0.4 is 10.3 Å². The first-order chi connectivity index (χ1) is 18.6. The van der Waals surface area contributed by atoms with Crippen molar-refractivity contribution in [3.05, 3.63) is 107 Å². The second-order valence-corrected chi connectivity index (χ2v) is 8.81. The zero-order valence-corrected chi connectivity index (χ0v) is 20.3. The normalized spacial score (nSPS) is 14.0. The maximum atomic E-state index is 13.6. The number of hydrogen-bond donors (Lipinski definition) is 3. The fourth-order valence-corrected chi connectivity index (χ4v) is 4.42. The molecule has 0 saturated heterocycles. The Hall–Kier alpha value is -5.12. The predicted octanol–water partition coefficient (Wildman–Crippen LogP) is 6.58. The molecule has 4 aromatic rings. The minimum absolute atomic E-state index is 0.0333. The van der Waals surface area contributed by atoms with Crippen LogP contribution in [0.2, 0.25) is 0 Å². The summed E-state index contributed by atoms with van der Waals surface area (Å²) in [5, 5.41) is 24.4. The summed E-state index contributed by atoms with van der Waals surface area (Å²) in [6, 6.07) is 21.0. The Morgan fingerprint density at radius 3 is 2.38 bits per heavy atom. The Morgan fingerprint density at radius 2 is 1.64 bits per heavy atom. The minimum atomic E-state index is -4.59. The zero-order valence-electron chi connectivity index (χ0n) is 20.3. The number of carboxylic acids is 1. The number of alkyl halides is 3. The van der Waals surface area contributed by atoms with E-state index in [4.69, 9.17) is 0 Å². The highest BCUT2D eigenvalue weighted by molar-refractivity contribution is 6.55. The highest BCUT2D eigenvalue weighted by atomic mass is 19.4. The number of carbonyl (C=O) groups excluding carboxylic acids is 1. The number of carbonyl (C=O) groups is 2. The molecule has 1 aliphatic rings. The van der Waals surface area contributed by atoms with Gasteiger partial charge in [0.25, 0.3) is 5.91 Å². The highest BCUT2D eigenvalue weighted by Crippen LogP contribution is 2.40. The lowest BCUT2D eigenvalue weighted by Gasteiger charge is -2.19. The van der Waals surface area contributed by atoms with Gasteiger partial charge in [-0.25, -0.2) is 4.79 Å². The van der Waals surface area contributed by atoms with Crippen molar-refractivity contribution in [2.45, 2.75) is 13.1 Å². The molecule has 0 aliphatic carbocycles. The van der Waals surface area contributed by atoms with Crippen molar-refractivity contribution in [3.63, 3.8) is 0 Å². The van der Waals surface area contributed by atoms with Gasteiger partial charge in [0.15, 0.2) is 5.71 Å². The number of anilines is 3. The monoisotopic (exact) mass is 531 g/mol. The molecule has 1 heterocycles. The van der Waals surface area contributed by atoms with Gasteiger partial charge >= 0.3 is 12.1 Å². The van der Waals surface area contributed by atoms with Crippen molar-refractivity contribution >= 4 is 34.7 Å². The standard InChI is InChI=1S/C29H20F3N3O4/c1-16-12-13-19(15-22(16)29(30,31)32)35-24-11-3-2-8-21(24)25(27(35)37)34-33-23-10-5-9-20(26(23)36)17-6-4-7-18(14-17)28(38)39/h2-15,33,36H,1H3,(H,38,39)/b34-25-. The summed E-state index contributed by atoms with van der Waals surface area (Å²) in [5.41, 5.74) is 3.59. The number of nitrogens with zero attached hydrogens (tertiary/aromatic N) is 2. The van der Waals surface area contributed by atoms with Crippen LogP contribution in [0.5, 0.6) is 5.75 Å². The summed E-state index contributed by atoms with van der Waals surface area (Å²) in [7, 11) is 0. The molecule has 7 nitrogen and oxygen atoms in total. The second kappa shape index (κ2) is 9.64. The van der Waals surface area contributed by atoms with Crippen molar-refractivity contribution in [1.29, 1.82) is 0 Å². The average Bonchev–Trinajstić information content (AvgIpc) is 3.19. The summed E-state index contributed by atoms with van der Waals surface area (Å²) < 4.78 is 40.7. The van der Waals surface area contributed by atoms with E-state index in [2.05, 4.69) is 10.5 Å². The first kappa shape index (κ1) is 25.5. The summed E-state index contributed by atoms with van der Waals surface area (Å²) in [5.74, 6) is -1.99. The molecule has 0 fully saturated rings. The first-order valence-corrected chi connectivity index (χ1v) is 11.7. The van der Waals surface area contributed by atoms with Crippen molar-refractivity contribution in [1.82, 2.24) is 0 Å².